The highest BCUT2D eigenvalue weighted by molar-refractivity contribution is 5.78. The summed E-state index contributed by atoms with van der Waals surface area (Å²) >= 11 is 0. The van der Waals surface area contributed by atoms with Crippen molar-refractivity contribution < 1.29 is 9.53 Å². The normalized spacial score (nSPS) is 17.4. The third-order valence-electron chi connectivity index (χ3n) is 4.18. The number of amides is 1. The van der Waals surface area contributed by atoms with Gasteiger partial charge in [0.2, 0.25) is 5.91 Å². The summed E-state index contributed by atoms with van der Waals surface area (Å²) in [6, 6.07) is 7.43. The first kappa shape index (κ1) is 17.3. The van der Waals surface area contributed by atoms with Gasteiger partial charge in [0.15, 0.2) is 5.82 Å². The second-order valence-corrected chi connectivity index (χ2v) is 6.12. The van der Waals surface area contributed by atoms with Crippen LogP contribution in [0.1, 0.15) is 36.8 Å². The number of carbonyl (C=O) groups is 1. The highest BCUT2D eigenvalue weighted by atomic mass is 16.5. The molecule has 3 heterocycles. The van der Waals surface area contributed by atoms with Gasteiger partial charge in [0.05, 0.1) is 6.04 Å². The van der Waals surface area contributed by atoms with E-state index in [1.54, 1.807) is 6.20 Å². The zero-order valence-electron chi connectivity index (χ0n) is 14.6. The van der Waals surface area contributed by atoms with E-state index in [4.69, 9.17) is 4.74 Å². The Morgan fingerprint density at radius 2 is 2.20 bits per heavy atom. The number of anilines is 2. The van der Waals surface area contributed by atoms with Crippen LogP contribution in [0.3, 0.4) is 0 Å². The molecule has 0 spiro atoms. The summed E-state index contributed by atoms with van der Waals surface area (Å²) in [6.07, 6.45) is 4.64. The third kappa shape index (κ3) is 4.30. The van der Waals surface area contributed by atoms with Crippen molar-refractivity contribution in [3.05, 3.63) is 42.0 Å². The van der Waals surface area contributed by atoms with Crippen LogP contribution in [0.5, 0.6) is 0 Å². The van der Waals surface area contributed by atoms with Gasteiger partial charge in [-0.25, -0.2) is 15.0 Å². The van der Waals surface area contributed by atoms with E-state index in [1.165, 1.54) is 7.11 Å². The van der Waals surface area contributed by atoms with Crippen LogP contribution in [0.15, 0.2) is 30.5 Å². The molecule has 25 heavy (non-hydrogen) atoms. The summed E-state index contributed by atoms with van der Waals surface area (Å²) < 4.78 is 5.01. The minimum absolute atomic E-state index is 0.0171. The number of likely N-dealkylation sites (tertiary alicyclic amines) is 1. The Morgan fingerprint density at radius 1 is 1.32 bits per heavy atom. The number of methoxy groups -OCH3 is 1. The van der Waals surface area contributed by atoms with Gasteiger partial charge in [0, 0.05) is 31.6 Å². The Kier molecular flexibility index (Phi) is 5.55. The van der Waals surface area contributed by atoms with Crippen molar-refractivity contribution in [3.8, 4) is 0 Å². The van der Waals surface area contributed by atoms with E-state index in [0.29, 0.717) is 18.2 Å². The fraction of sp³-hybridized carbons (Fsp3) is 0.444. The Bertz CT molecular complexity index is 723. The number of pyridine rings is 1. The maximum atomic E-state index is 12.4. The predicted octanol–water partition coefficient (Wildman–Crippen LogP) is 2.62. The number of hydrogen-bond acceptors (Lipinski definition) is 6. The Morgan fingerprint density at radius 3 is 2.96 bits per heavy atom. The lowest BCUT2D eigenvalue weighted by Gasteiger charge is -2.34. The minimum Gasteiger partial charge on any atom is -0.375 e. The van der Waals surface area contributed by atoms with Crippen molar-refractivity contribution >= 4 is 17.5 Å². The molecule has 2 aromatic heterocycles. The number of piperidine rings is 1. The summed E-state index contributed by atoms with van der Waals surface area (Å²) in [4.78, 5) is 27.7. The SMILES string of the molecule is COCC(=O)N1CCCC[C@@H]1c1nc(C)cc(Nc2ccccn2)n1. The topological polar surface area (TPSA) is 80.2 Å². The first-order valence-corrected chi connectivity index (χ1v) is 8.49. The van der Waals surface area contributed by atoms with E-state index >= 15 is 0 Å². The van der Waals surface area contributed by atoms with Crippen LogP contribution in [0.4, 0.5) is 11.6 Å². The molecule has 7 heteroatoms. The van der Waals surface area contributed by atoms with E-state index in [-0.39, 0.29) is 18.6 Å². The summed E-state index contributed by atoms with van der Waals surface area (Å²) in [5.41, 5.74) is 0.855. The molecule has 0 radical (unpaired) electrons. The monoisotopic (exact) mass is 341 g/mol. The van der Waals surface area contributed by atoms with E-state index < -0.39 is 0 Å². The van der Waals surface area contributed by atoms with E-state index in [1.807, 2.05) is 36.1 Å². The maximum Gasteiger partial charge on any atom is 0.249 e. The van der Waals surface area contributed by atoms with Crippen LogP contribution < -0.4 is 5.32 Å². The van der Waals surface area contributed by atoms with Gasteiger partial charge in [-0.2, -0.15) is 0 Å². The lowest BCUT2D eigenvalue weighted by molar-refractivity contribution is -0.139. The first-order valence-electron chi connectivity index (χ1n) is 8.49. The van der Waals surface area contributed by atoms with Crippen LogP contribution in [0.2, 0.25) is 0 Å². The standard InChI is InChI=1S/C18H23N5O2/c1-13-11-16(21-15-8-3-5-9-19-15)22-18(20-13)14-7-4-6-10-23(14)17(24)12-25-2/h3,5,8-9,11,14H,4,6-7,10,12H2,1-2H3,(H,19,20,21,22)/t14-/m1/s1. The Hall–Kier alpha value is -2.54. The quantitative estimate of drug-likeness (QED) is 0.900. The molecule has 0 aromatic carbocycles. The van der Waals surface area contributed by atoms with Crippen molar-refractivity contribution in [1.82, 2.24) is 19.9 Å². The second kappa shape index (κ2) is 8.02. The molecule has 0 bridgehead atoms. The molecule has 1 atom stereocenters. The van der Waals surface area contributed by atoms with E-state index in [0.717, 1.165) is 30.8 Å². The molecule has 1 saturated heterocycles. The van der Waals surface area contributed by atoms with Crippen molar-refractivity contribution in [2.75, 3.05) is 25.6 Å². The number of rotatable bonds is 5. The van der Waals surface area contributed by atoms with Gasteiger partial charge in [-0.05, 0) is 38.3 Å². The van der Waals surface area contributed by atoms with Gasteiger partial charge >= 0.3 is 0 Å². The molecule has 2 aromatic rings. The van der Waals surface area contributed by atoms with Crippen LogP contribution in [0.25, 0.3) is 0 Å². The van der Waals surface area contributed by atoms with Gasteiger partial charge in [-0.15, -0.1) is 0 Å². The zero-order chi connectivity index (χ0) is 17.6. The van der Waals surface area contributed by atoms with E-state index in [9.17, 15) is 4.79 Å². The summed E-state index contributed by atoms with van der Waals surface area (Å²) in [7, 11) is 1.54. The second-order valence-electron chi connectivity index (χ2n) is 6.12. The lowest BCUT2D eigenvalue weighted by atomic mass is 10.0. The lowest BCUT2D eigenvalue weighted by Crippen LogP contribution is -2.41. The number of nitrogens with one attached hydrogen (secondary N) is 1. The fourth-order valence-electron chi connectivity index (χ4n) is 3.08. The molecule has 1 N–H and O–H groups in total. The molecule has 7 nitrogen and oxygen atoms in total. The van der Waals surface area contributed by atoms with Crippen LogP contribution in [0, 0.1) is 6.92 Å². The molecule has 0 aliphatic carbocycles. The predicted molar refractivity (Wildman–Crippen MR) is 94.5 cm³/mol. The number of aromatic nitrogens is 3. The average Bonchev–Trinajstić information content (AvgIpc) is 2.62. The van der Waals surface area contributed by atoms with Crippen LogP contribution in [-0.2, 0) is 9.53 Å². The Balaban J connectivity index is 1.86. The molecule has 1 fully saturated rings. The Labute approximate surface area is 147 Å². The molecule has 0 unspecified atom stereocenters. The van der Waals surface area contributed by atoms with Gasteiger partial charge in [-0.3, -0.25) is 4.79 Å². The molecule has 132 valence electrons. The molecular weight excluding hydrogens is 318 g/mol. The first-order chi connectivity index (χ1) is 12.2. The number of carbonyl (C=O) groups excluding carboxylic acids is 1. The van der Waals surface area contributed by atoms with Gasteiger partial charge in [0.1, 0.15) is 18.2 Å². The highest BCUT2D eigenvalue weighted by Crippen LogP contribution is 2.30. The van der Waals surface area contributed by atoms with Crippen molar-refractivity contribution in [1.29, 1.82) is 0 Å². The average molecular weight is 341 g/mol. The maximum absolute atomic E-state index is 12.4. The molecule has 3 rings (SSSR count). The summed E-state index contributed by atoms with van der Waals surface area (Å²) in [5.74, 6) is 2.06. The van der Waals surface area contributed by atoms with E-state index in [2.05, 4.69) is 20.3 Å². The summed E-state index contributed by atoms with van der Waals surface area (Å²) in [6.45, 7) is 2.73. The van der Waals surface area contributed by atoms with Crippen LogP contribution in [-0.4, -0.2) is 46.0 Å². The van der Waals surface area contributed by atoms with Crippen molar-refractivity contribution in [2.45, 2.75) is 32.2 Å². The molecule has 1 aliphatic heterocycles. The molecule has 1 aliphatic rings. The van der Waals surface area contributed by atoms with Crippen LogP contribution >= 0.6 is 0 Å². The van der Waals surface area contributed by atoms with Crippen molar-refractivity contribution in [2.24, 2.45) is 0 Å². The largest absolute Gasteiger partial charge is 0.375 e. The zero-order valence-corrected chi connectivity index (χ0v) is 14.6. The minimum atomic E-state index is -0.111. The number of nitrogens with zero attached hydrogens (tertiary/aromatic N) is 4. The molecule has 1 amide bonds. The summed E-state index contributed by atoms with van der Waals surface area (Å²) in [5, 5.41) is 3.20. The number of hydrogen-bond donors (Lipinski definition) is 1. The molecular formula is C18H23N5O2. The van der Waals surface area contributed by atoms with Crippen molar-refractivity contribution in [3.63, 3.8) is 0 Å². The van der Waals surface area contributed by atoms with Gasteiger partial charge < -0.3 is 15.0 Å². The smallest absolute Gasteiger partial charge is 0.249 e. The molecule has 0 saturated carbocycles. The third-order valence-corrected chi connectivity index (χ3v) is 4.18. The number of aryl methyl sites for hydroxylation is 1. The highest BCUT2D eigenvalue weighted by Gasteiger charge is 2.30. The van der Waals surface area contributed by atoms with Gasteiger partial charge in [-0.1, -0.05) is 6.07 Å². The van der Waals surface area contributed by atoms with Gasteiger partial charge in [0.25, 0.3) is 0 Å². The fourth-order valence-corrected chi connectivity index (χ4v) is 3.08. The number of ether oxygens (including phenoxy) is 1.